The number of hydrogen-bond acceptors (Lipinski definition) is 5. The number of pyridine rings is 1. The molecule has 0 aromatic carbocycles. The van der Waals surface area contributed by atoms with Crippen LogP contribution in [0.25, 0.3) is 0 Å². The molecule has 6 nitrogen and oxygen atoms in total. The van der Waals surface area contributed by atoms with Crippen LogP contribution in [0.15, 0.2) is 6.20 Å². The van der Waals surface area contributed by atoms with Gasteiger partial charge in [0.15, 0.2) is 0 Å². The van der Waals surface area contributed by atoms with Gasteiger partial charge in [-0.15, -0.1) is 0 Å². The standard InChI is InChI=1S/C6H6ClN3O3/c1-13-6-5(8)4(7)3(2-9-6)10(11)12/h2H,8H2,1H3. The number of ether oxygens (including phenoxy) is 1. The molecule has 2 N–H and O–H groups in total. The van der Waals surface area contributed by atoms with Gasteiger partial charge < -0.3 is 10.5 Å². The number of nitrogens with two attached hydrogens (primary N) is 1. The summed E-state index contributed by atoms with van der Waals surface area (Å²) in [5.41, 5.74) is 5.05. The monoisotopic (exact) mass is 203 g/mol. The molecule has 0 aliphatic carbocycles. The quantitative estimate of drug-likeness (QED) is 0.577. The molecule has 0 fully saturated rings. The average molecular weight is 204 g/mol. The molecule has 0 saturated heterocycles. The van der Waals surface area contributed by atoms with Crippen molar-refractivity contribution in [3.8, 4) is 5.88 Å². The number of nitrogen functional groups attached to an aromatic ring is 1. The van der Waals surface area contributed by atoms with Crippen LogP contribution in [0.3, 0.4) is 0 Å². The zero-order valence-corrected chi connectivity index (χ0v) is 7.41. The van der Waals surface area contributed by atoms with Gasteiger partial charge in [-0.1, -0.05) is 11.6 Å². The highest BCUT2D eigenvalue weighted by molar-refractivity contribution is 6.35. The van der Waals surface area contributed by atoms with Crippen molar-refractivity contribution in [1.82, 2.24) is 4.98 Å². The van der Waals surface area contributed by atoms with E-state index in [0.717, 1.165) is 6.20 Å². The van der Waals surface area contributed by atoms with Crippen molar-refractivity contribution in [2.24, 2.45) is 0 Å². The molecule has 0 saturated carbocycles. The summed E-state index contributed by atoms with van der Waals surface area (Å²) in [6, 6.07) is 0. The number of methoxy groups -OCH3 is 1. The Morgan fingerprint density at radius 2 is 2.38 bits per heavy atom. The maximum Gasteiger partial charge on any atom is 0.308 e. The minimum absolute atomic E-state index is 0.0293. The zero-order chi connectivity index (χ0) is 10.0. The van der Waals surface area contributed by atoms with Gasteiger partial charge in [0.05, 0.1) is 12.0 Å². The highest BCUT2D eigenvalue weighted by Gasteiger charge is 2.18. The molecule has 1 aromatic rings. The number of nitro groups is 1. The van der Waals surface area contributed by atoms with E-state index in [2.05, 4.69) is 4.98 Å². The Hall–Kier alpha value is -1.56. The fourth-order valence-electron chi connectivity index (χ4n) is 0.768. The van der Waals surface area contributed by atoms with Gasteiger partial charge in [0, 0.05) is 0 Å². The fraction of sp³-hybridized carbons (Fsp3) is 0.167. The third-order valence-corrected chi connectivity index (χ3v) is 1.78. The van der Waals surface area contributed by atoms with Crippen LogP contribution < -0.4 is 10.5 Å². The summed E-state index contributed by atoms with van der Waals surface area (Å²) in [5.74, 6) is 0.0793. The van der Waals surface area contributed by atoms with E-state index >= 15 is 0 Å². The lowest BCUT2D eigenvalue weighted by Crippen LogP contribution is -1.99. The maximum atomic E-state index is 10.4. The lowest BCUT2D eigenvalue weighted by molar-refractivity contribution is -0.385. The zero-order valence-electron chi connectivity index (χ0n) is 6.65. The van der Waals surface area contributed by atoms with E-state index in [0.29, 0.717) is 0 Å². The molecule has 13 heavy (non-hydrogen) atoms. The van der Waals surface area contributed by atoms with Crippen LogP contribution in [0.4, 0.5) is 11.4 Å². The molecule has 0 bridgehead atoms. The molecule has 0 radical (unpaired) electrons. The number of hydrogen-bond donors (Lipinski definition) is 1. The van der Waals surface area contributed by atoms with E-state index in [1.165, 1.54) is 7.11 Å². The Balaban J connectivity index is 3.31. The average Bonchev–Trinajstić information content (AvgIpc) is 2.09. The summed E-state index contributed by atoms with van der Waals surface area (Å²) in [7, 11) is 1.35. The first-order valence-corrected chi connectivity index (χ1v) is 3.58. The van der Waals surface area contributed by atoms with Crippen molar-refractivity contribution in [3.05, 3.63) is 21.3 Å². The van der Waals surface area contributed by atoms with E-state index < -0.39 is 4.92 Å². The van der Waals surface area contributed by atoms with Gasteiger partial charge in [-0.2, -0.15) is 0 Å². The lowest BCUT2D eigenvalue weighted by atomic mass is 10.3. The van der Waals surface area contributed by atoms with E-state index in [1.54, 1.807) is 0 Å². The fourth-order valence-corrected chi connectivity index (χ4v) is 0.966. The van der Waals surface area contributed by atoms with E-state index in [-0.39, 0.29) is 22.3 Å². The molecule has 0 amide bonds. The Labute approximate surface area is 78.4 Å². The number of anilines is 1. The van der Waals surface area contributed by atoms with Gasteiger partial charge in [-0.3, -0.25) is 10.1 Å². The topological polar surface area (TPSA) is 91.3 Å². The summed E-state index contributed by atoms with van der Waals surface area (Å²) in [6.07, 6.45) is 0.998. The van der Waals surface area contributed by atoms with Crippen molar-refractivity contribution in [1.29, 1.82) is 0 Å². The molecule has 0 spiro atoms. The van der Waals surface area contributed by atoms with Crippen LogP contribution in [0.1, 0.15) is 0 Å². The third kappa shape index (κ3) is 1.62. The third-order valence-electron chi connectivity index (χ3n) is 1.39. The van der Waals surface area contributed by atoms with Gasteiger partial charge in [-0.25, -0.2) is 4.98 Å². The lowest BCUT2D eigenvalue weighted by Gasteiger charge is -2.03. The minimum Gasteiger partial charge on any atom is -0.479 e. The molecular formula is C6H6ClN3O3. The number of rotatable bonds is 2. The summed E-state index contributed by atoms with van der Waals surface area (Å²) < 4.78 is 4.72. The van der Waals surface area contributed by atoms with Gasteiger partial charge in [0.25, 0.3) is 0 Å². The summed E-state index contributed by atoms with van der Waals surface area (Å²) in [6.45, 7) is 0. The molecule has 7 heteroatoms. The van der Waals surface area contributed by atoms with Gasteiger partial charge in [0.2, 0.25) is 5.88 Å². The van der Waals surface area contributed by atoms with Gasteiger partial charge in [0.1, 0.15) is 16.9 Å². The largest absolute Gasteiger partial charge is 0.479 e. The highest BCUT2D eigenvalue weighted by atomic mass is 35.5. The van der Waals surface area contributed by atoms with E-state index in [4.69, 9.17) is 22.1 Å². The number of aromatic nitrogens is 1. The van der Waals surface area contributed by atoms with Crippen LogP contribution in [0.5, 0.6) is 5.88 Å². The van der Waals surface area contributed by atoms with Crippen LogP contribution in [0, 0.1) is 10.1 Å². The summed E-state index contributed by atoms with van der Waals surface area (Å²) >= 11 is 5.59. The first-order valence-electron chi connectivity index (χ1n) is 3.20. The molecule has 1 heterocycles. The first kappa shape index (κ1) is 9.53. The molecule has 0 aliphatic heterocycles. The van der Waals surface area contributed by atoms with E-state index in [9.17, 15) is 10.1 Å². The minimum atomic E-state index is -0.662. The summed E-state index contributed by atoms with van der Waals surface area (Å²) in [5, 5.41) is 10.2. The Kier molecular flexibility index (Phi) is 2.52. The van der Waals surface area contributed by atoms with Crippen LogP contribution >= 0.6 is 11.6 Å². The van der Waals surface area contributed by atoms with Crippen molar-refractivity contribution < 1.29 is 9.66 Å². The smallest absolute Gasteiger partial charge is 0.308 e. The molecule has 0 atom stereocenters. The predicted octanol–water partition coefficient (Wildman–Crippen LogP) is 1.23. The maximum absolute atomic E-state index is 10.4. The van der Waals surface area contributed by atoms with Crippen LogP contribution in [-0.2, 0) is 0 Å². The molecular weight excluding hydrogens is 198 g/mol. The Morgan fingerprint density at radius 1 is 1.77 bits per heavy atom. The second-order valence-corrected chi connectivity index (χ2v) is 2.52. The number of nitrogens with zero attached hydrogens (tertiary/aromatic N) is 2. The summed E-state index contributed by atoms with van der Waals surface area (Å²) in [4.78, 5) is 13.3. The van der Waals surface area contributed by atoms with Gasteiger partial charge >= 0.3 is 5.69 Å². The Morgan fingerprint density at radius 3 is 2.85 bits per heavy atom. The molecule has 1 aromatic heterocycles. The second kappa shape index (κ2) is 3.44. The first-order chi connectivity index (χ1) is 6.07. The normalized spacial score (nSPS) is 9.69. The molecule has 1 rings (SSSR count). The van der Waals surface area contributed by atoms with Crippen molar-refractivity contribution in [3.63, 3.8) is 0 Å². The predicted molar refractivity (Wildman–Crippen MR) is 46.9 cm³/mol. The van der Waals surface area contributed by atoms with Crippen LogP contribution in [-0.4, -0.2) is 17.0 Å². The van der Waals surface area contributed by atoms with Gasteiger partial charge in [-0.05, 0) is 0 Å². The highest BCUT2D eigenvalue weighted by Crippen LogP contribution is 2.34. The SMILES string of the molecule is COc1ncc([N+](=O)[O-])c(Cl)c1N. The molecule has 0 aliphatic rings. The van der Waals surface area contributed by atoms with Crippen molar-refractivity contribution in [2.75, 3.05) is 12.8 Å². The second-order valence-electron chi connectivity index (χ2n) is 2.14. The van der Waals surface area contributed by atoms with Crippen molar-refractivity contribution >= 4 is 23.0 Å². The van der Waals surface area contributed by atoms with Crippen LogP contribution in [0.2, 0.25) is 5.02 Å². The van der Waals surface area contributed by atoms with Crippen molar-refractivity contribution in [2.45, 2.75) is 0 Å². The Bertz CT molecular complexity index is 355. The molecule has 70 valence electrons. The number of halogens is 1. The molecule has 0 unspecified atom stereocenters. The van der Waals surface area contributed by atoms with E-state index in [1.807, 2.05) is 0 Å².